The molecule has 31 heavy (non-hydrogen) atoms. The normalized spacial score (nSPS) is 26.6. The molecule has 3 aliphatic rings. The number of nitrogens with zero attached hydrogens (tertiary/aromatic N) is 1. The molecule has 1 amide bonds. The van der Waals surface area contributed by atoms with Crippen molar-refractivity contribution in [1.82, 2.24) is 0 Å². The van der Waals surface area contributed by atoms with Gasteiger partial charge < -0.3 is 15.2 Å². The SMILES string of the molecule is O=C(O)[C@@H]1[C@H](C(=O)Nc2ccc(S(=O)(=O)N3CCc4ccccc43)cc2)[C@H]2CC[C@H]1O2. The summed E-state index contributed by atoms with van der Waals surface area (Å²) in [6, 6.07) is 13.4. The number of rotatable bonds is 5. The molecule has 0 aromatic heterocycles. The highest BCUT2D eigenvalue weighted by Crippen LogP contribution is 2.44. The minimum Gasteiger partial charge on any atom is -0.481 e. The van der Waals surface area contributed by atoms with Crippen LogP contribution in [0.3, 0.4) is 0 Å². The second-order valence-electron chi connectivity index (χ2n) is 8.15. The van der Waals surface area contributed by atoms with E-state index in [4.69, 9.17) is 4.74 Å². The van der Waals surface area contributed by atoms with Crippen LogP contribution in [0.1, 0.15) is 18.4 Å². The largest absolute Gasteiger partial charge is 0.481 e. The van der Waals surface area contributed by atoms with Gasteiger partial charge in [-0.15, -0.1) is 0 Å². The van der Waals surface area contributed by atoms with Crippen LogP contribution in [0.2, 0.25) is 0 Å². The van der Waals surface area contributed by atoms with Gasteiger partial charge in [-0.1, -0.05) is 18.2 Å². The molecule has 2 aromatic rings. The third-order valence-corrected chi connectivity index (χ3v) is 8.24. The van der Waals surface area contributed by atoms with E-state index < -0.39 is 39.8 Å². The summed E-state index contributed by atoms with van der Waals surface area (Å²) in [5, 5.41) is 12.2. The zero-order valence-corrected chi connectivity index (χ0v) is 17.4. The van der Waals surface area contributed by atoms with Crippen LogP contribution in [0.25, 0.3) is 0 Å². The maximum atomic E-state index is 13.1. The fourth-order valence-electron chi connectivity index (χ4n) is 4.95. The second-order valence-corrected chi connectivity index (χ2v) is 10.0. The molecule has 2 aromatic carbocycles. The number of benzene rings is 2. The third kappa shape index (κ3) is 3.28. The van der Waals surface area contributed by atoms with Crippen LogP contribution in [0.15, 0.2) is 53.4 Å². The lowest BCUT2D eigenvalue weighted by molar-refractivity contribution is -0.147. The summed E-state index contributed by atoms with van der Waals surface area (Å²) in [6.45, 7) is 0.390. The van der Waals surface area contributed by atoms with Gasteiger partial charge in [0.05, 0.1) is 34.6 Å². The zero-order chi connectivity index (χ0) is 21.8. The van der Waals surface area contributed by atoms with Crippen molar-refractivity contribution in [1.29, 1.82) is 0 Å². The molecule has 2 fully saturated rings. The van der Waals surface area contributed by atoms with Crippen molar-refractivity contribution in [2.24, 2.45) is 11.8 Å². The van der Waals surface area contributed by atoms with Gasteiger partial charge in [-0.3, -0.25) is 13.9 Å². The number of carboxylic acids is 1. The molecule has 0 radical (unpaired) electrons. The highest BCUT2D eigenvalue weighted by Gasteiger charge is 2.55. The maximum Gasteiger partial charge on any atom is 0.310 e. The minimum absolute atomic E-state index is 0.133. The molecule has 0 unspecified atom stereocenters. The molecule has 4 atom stereocenters. The lowest BCUT2D eigenvalue weighted by atomic mass is 9.78. The fraction of sp³-hybridized carbons (Fsp3) is 0.364. The van der Waals surface area contributed by atoms with E-state index >= 15 is 0 Å². The van der Waals surface area contributed by atoms with Gasteiger partial charge >= 0.3 is 5.97 Å². The number of fused-ring (bicyclic) bond motifs is 3. The number of hydrogen-bond donors (Lipinski definition) is 2. The Bertz CT molecular complexity index is 1150. The van der Waals surface area contributed by atoms with Gasteiger partial charge in [-0.2, -0.15) is 0 Å². The lowest BCUT2D eigenvalue weighted by Crippen LogP contribution is -2.40. The molecule has 9 heteroatoms. The van der Waals surface area contributed by atoms with E-state index in [1.165, 1.54) is 28.6 Å². The lowest BCUT2D eigenvalue weighted by Gasteiger charge is -2.24. The number of anilines is 2. The van der Waals surface area contributed by atoms with Gasteiger partial charge in [0.15, 0.2) is 0 Å². The Hall–Kier alpha value is -2.91. The Labute approximate surface area is 179 Å². The molecule has 0 aliphatic carbocycles. The first-order valence-corrected chi connectivity index (χ1v) is 11.7. The standard InChI is InChI=1S/C22H22N2O6S/c25-21(19-17-9-10-18(30-17)20(19)22(26)27)23-14-5-7-15(8-6-14)31(28,29)24-12-11-13-3-1-2-4-16(13)24/h1-8,17-20H,9-12H2,(H,23,25)(H,26,27)/t17-,18-,19-,20+/m1/s1. The summed E-state index contributed by atoms with van der Waals surface area (Å²) in [4.78, 5) is 24.5. The van der Waals surface area contributed by atoms with Crippen LogP contribution in [0, 0.1) is 11.8 Å². The molecule has 8 nitrogen and oxygen atoms in total. The monoisotopic (exact) mass is 442 g/mol. The van der Waals surface area contributed by atoms with Gasteiger partial charge in [-0.25, -0.2) is 8.42 Å². The van der Waals surface area contributed by atoms with E-state index in [-0.39, 0.29) is 11.0 Å². The van der Waals surface area contributed by atoms with Gasteiger partial charge in [0.25, 0.3) is 10.0 Å². The van der Waals surface area contributed by atoms with E-state index in [9.17, 15) is 23.1 Å². The van der Waals surface area contributed by atoms with E-state index in [2.05, 4.69) is 5.32 Å². The summed E-state index contributed by atoms with van der Waals surface area (Å²) in [5.41, 5.74) is 2.10. The van der Waals surface area contributed by atoms with Crippen LogP contribution in [-0.4, -0.2) is 44.2 Å². The zero-order valence-electron chi connectivity index (χ0n) is 16.6. The topological polar surface area (TPSA) is 113 Å². The van der Waals surface area contributed by atoms with Crippen molar-refractivity contribution in [3.63, 3.8) is 0 Å². The number of nitrogens with one attached hydrogen (secondary N) is 1. The number of para-hydroxylation sites is 1. The molecule has 3 aliphatic heterocycles. The summed E-state index contributed by atoms with van der Waals surface area (Å²) in [5.74, 6) is -3.04. The van der Waals surface area contributed by atoms with E-state index in [0.29, 0.717) is 37.2 Å². The summed E-state index contributed by atoms with van der Waals surface area (Å²) >= 11 is 0. The first-order valence-electron chi connectivity index (χ1n) is 10.3. The maximum absolute atomic E-state index is 13.1. The Balaban J connectivity index is 1.33. The Morgan fingerprint density at radius 2 is 1.68 bits per heavy atom. The Morgan fingerprint density at radius 3 is 2.39 bits per heavy atom. The number of carboxylic acid groups (broad SMARTS) is 1. The molecule has 2 saturated heterocycles. The van der Waals surface area contributed by atoms with Gasteiger partial charge in [0.2, 0.25) is 5.91 Å². The Morgan fingerprint density at radius 1 is 1.00 bits per heavy atom. The number of carbonyl (C=O) groups is 2. The third-order valence-electron chi connectivity index (χ3n) is 6.42. The van der Waals surface area contributed by atoms with Crippen LogP contribution in [0.4, 0.5) is 11.4 Å². The highest BCUT2D eigenvalue weighted by atomic mass is 32.2. The van der Waals surface area contributed by atoms with Crippen LogP contribution in [-0.2, 0) is 30.8 Å². The molecule has 3 heterocycles. The van der Waals surface area contributed by atoms with Gasteiger partial charge in [0.1, 0.15) is 0 Å². The van der Waals surface area contributed by atoms with E-state index in [1.54, 1.807) is 6.07 Å². The van der Waals surface area contributed by atoms with Gasteiger partial charge in [0, 0.05) is 12.2 Å². The van der Waals surface area contributed by atoms with Crippen molar-refractivity contribution < 1.29 is 27.9 Å². The highest BCUT2D eigenvalue weighted by molar-refractivity contribution is 7.92. The second kappa shape index (κ2) is 7.35. The van der Waals surface area contributed by atoms with Crippen molar-refractivity contribution in [2.75, 3.05) is 16.2 Å². The number of ether oxygens (including phenoxy) is 1. The summed E-state index contributed by atoms with van der Waals surface area (Å²) in [6.07, 6.45) is 1.17. The number of sulfonamides is 1. The number of carbonyl (C=O) groups excluding carboxylic acids is 1. The average molecular weight is 442 g/mol. The first kappa shape index (κ1) is 20.0. The van der Waals surface area contributed by atoms with Crippen LogP contribution < -0.4 is 9.62 Å². The number of amides is 1. The van der Waals surface area contributed by atoms with Crippen LogP contribution >= 0.6 is 0 Å². The fourth-order valence-corrected chi connectivity index (χ4v) is 6.45. The smallest absolute Gasteiger partial charge is 0.310 e. The Kier molecular flexibility index (Phi) is 4.75. The predicted molar refractivity (Wildman–Crippen MR) is 112 cm³/mol. The number of hydrogen-bond acceptors (Lipinski definition) is 5. The first-order chi connectivity index (χ1) is 14.9. The average Bonchev–Trinajstić information content (AvgIpc) is 3.48. The van der Waals surface area contributed by atoms with Crippen molar-refractivity contribution in [3.05, 3.63) is 54.1 Å². The van der Waals surface area contributed by atoms with Crippen molar-refractivity contribution in [3.8, 4) is 0 Å². The number of aliphatic carboxylic acids is 1. The summed E-state index contributed by atoms with van der Waals surface area (Å²) < 4.78 is 33.2. The van der Waals surface area contributed by atoms with E-state index in [0.717, 1.165) is 5.56 Å². The van der Waals surface area contributed by atoms with Crippen molar-refractivity contribution in [2.45, 2.75) is 36.4 Å². The van der Waals surface area contributed by atoms with Crippen molar-refractivity contribution >= 4 is 33.3 Å². The summed E-state index contributed by atoms with van der Waals surface area (Å²) in [7, 11) is -3.72. The molecule has 0 spiro atoms. The van der Waals surface area contributed by atoms with Crippen LogP contribution in [0.5, 0.6) is 0 Å². The predicted octanol–water partition coefficient (Wildman–Crippen LogP) is 2.25. The molecule has 2 N–H and O–H groups in total. The van der Waals surface area contributed by atoms with Gasteiger partial charge in [-0.05, 0) is 55.2 Å². The minimum atomic E-state index is -3.72. The van der Waals surface area contributed by atoms with E-state index in [1.807, 2.05) is 18.2 Å². The molecule has 162 valence electrons. The molecule has 0 saturated carbocycles. The quantitative estimate of drug-likeness (QED) is 0.734. The molecule has 2 bridgehead atoms. The molecular weight excluding hydrogens is 420 g/mol. The molecule has 5 rings (SSSR count). The molecular formula is C22H22N2O6S.